The van der Waals surface area contributed by atoms with E-state index in [4.69, 9.17) is 4.74 Å². The van der Waals surface area contributed by atoms with Crippen molar-refractivity contribution in [2.24, 2.45) is 0 Å². The van der Waals surface area contributed by atoms with E-state index in [9.17, 15) is 9.59 Å². The molecule has 5 nitrogen and oxygen atoms in total. The number of aryl methyl sites for hydroxylation is 1. The fourth-order valence-corrected chi connectivity index (χ4v) is 4.15. The summed E-state index contributed by atoms with van der Waals surface area (Å²) in [5.41, 5.74) is 1.13. The monoisotopic (exact) mass is 362 g/mol. The summed E-state index contributed by atoms with van der Waals surface area (Å²) in [5.74, 6) is 1.54. The number of para-hydroxylation sites is 1. The molecule has 1 aromatic carbocycles. The van der Waals surface area contributed by atoms with E-state index in [-0.39, 0.29) is 17.9 Å². The summed E-state index contributed by atoms with van der Waals surface area (Å²) in [6.45, 7) is 7.18. The lowest BCUT2D eigenvalue weighted by atomic mass is 10.1. The topological polar surface area (TPSA) is 58.6 Å². The molecule has 0 aromatic heterocycles. The van der Waals surface area contributed by atoms with Crippen LogP contribution in [-0.2, 0) is 9.59 Å². The molecule has 6 heteroatoms. The molecule has 1 atom stereocenters. The highest BCUT2D eigenvalue weighted by molar-refractivity contribution is 8.01. The number of hydrogen-bond acceptors (Lipinski definition) is 4. The number of benzene rings is 1. The molecule has 0 aliphatic carbocycles. The van der Waals surface area contributed by atoms with Crippen molar-refractivity contribution < 1.29 is 14.3 Å². The minimum absolute atomic E-state index is 0.0330. The van der Waals surface area contributed by atoms with E-state index in [1.807, 2.05) is 49.9 Å². The van der Waals surface area contributed by atoms with Crippen LogP contribution in [-0.4, -0.2) is 52.4 Å². The van der Waals surface area contributed by atoms with Crippen molar-refractivity contribution in [1.82, 2.24) is 10.2 Å². The molecule has 136 valence electrons. The van der Waals surface area contributed by atoms with Gasteiger partial charge in [-0.05, 0) is 32.4 Å². The van der Waals surface area contributed by atoms with E-state index in [2.05, 4.69) is 5.32 Å². The summed E-state index contributed by atoms with van der Waals surface area (Å²) in [6.07, 6.45) is 1.78. The Morgan fingerprint density at radius 3 is 2.60 bits per heavy atom. The molecule has 3 rings (SSSR count). The Bertz CT molecular complexity index is 654. The van der Waals surface area contributed by atoms with Crippen molar-refractivity contribution in [1.29, 1.82) is 0 Å². The van der Waals surface area contributed by atoms with E-state index >= 15 is 0 Å². The zero-order chi connectivity index (χ0) is 18.0. The Kier molecular flexibility index (Phi) is 5.27. The average molecular weight is 362 g/mol. The zero-order valence-corrected chi connectivity index (χ0v) is 15.9. The number of amides is 2. The maximum absolute atomic E-state index is 12.7. The van der Waals surface area contributed by atoms with Gasteiger partial charge in [-0.3, -0.25) is 9.59 Å². The summed E-state index contributed by atoms with van der Waals surface area (Å²) in [4.78, 5) is 26.6. The van der Waals surface area contributed by atoms with Gasteiger partial charge in [0.15, 0.2) is 0 Å². The molecule has 2 heterocycles. The van der Waals surface area contributed by atoms with Crippen molar-refractivity contribution in [2.45, 2.75) is 50.5 Å². The molecule has 1 N–H and O–H groups in total. The molecule has 0 radical (unpaired) electrons. The molecular formula is C19H26N2O3S. The van der Waals surface area contributed by atoms with Crippen LogP contribution in [0.5, 0.6) is 5.75 Å². The van der Waals surface area contributed by atoms with Crippen LogP contribution < -0.4 is 10.1 Å². The minimum atomic E-state index is -0.453. The van der Waals surface area contributed by atoms with Crippen molar-refractivity contribution in [3.8, 4) is 5.75 Å². The van der Waals surface area contributed by atoms with Gasteiger partial charge in [-0.25, -0.2) is 0 Å². The first kappa shape index (κ1) is 18.1. The lowest BCUT2D eigenvalue weighted by Crippen LogP contribution is -2.58. The SMILES string of the molecule is Cc1ccccc1OC1CCN(C(=O)C2CSC(C)(C)C(=O)N2)CC1. The molecule has 0 bridgehead atoms. The molecule has 1 aromatic rings. The van der Waals surface area contributed by atoms with Gasteiger partial charge in [0, 0.05) is 31.7 Å². The third kappa shape index (κ3) is 4.11. The molecule has 0 saturated carbocycles. The fourth-order valence-electron chi connectivity index (χ4n) is 3.15. The highest BCUT2D eigenvalue weighted by Gasteiger charge is 2.39. The molecular weight excluding hydrogens is 336 g/mol. The van der Waals surface area contributed by atoms with Gasteiger partial charge in [0.1, 0.15) is 17.9 Å². The number of carbonyl (C=O) groups is 2. The van der Waals surface area contributed by atoms with Gasteiger partial charge in [0.25, 0.3) is 0 Å². The van der Waals surface area contributed by atoms with Crippen LogP contribution in [0.3, 0.4) is 0 Å². The van der Waals surface area contributed by atoms with Gasteiger partial charge in [0.05, 0.1) is 4.75 Å². The number of carbonyl (C=O) groups excluding carboxylic acids is 2. The third-order valence-electron chi connectivity index (χ3n) is 4.90. The van der Waals surface area contributed by atoms with Gasteiger partial charge < -0.3 is 15.0 Å². The van der Waals surface area contributed by atoms with E-state index < -0.39 is 10.8 Å². The number of likely N-dealkylation sites (tertiary alicyclic amines) is 1. The number of thioether (sulfide) groups is 1. The maximum atomic E-state index is 12.7. The predicted octanol–water partition coefficient (Wildman–Crippen LogP) is 2.38. The van der Waals surface area contributed by atoms with E-state index in [1.54, 1.807) is 11.8 Å². The Hall–Kier alpha value is -1.69. The second-order valence-electron chi connectivity index (χ2n) is 7.26. The number of rotatable bonds is 3. The maximum Gasteiger partial charge on any atom is 0.246 e. The number of ether oxygens (including phenoxy) is 1. The van der Waals surface area contributed by atoms with Crippen LogP contribution in [0.4, 0.5) is 0 Å². The first-order valence-corrected chi connectivity index (χ1v) is 9.81. The minimum Gasteiger partial charge on any atom is -0.490 e. The largest absolute Gasteiger partial charge is 0.490 e. The average Bonchev–Trinajstić information content (AvgIpc) is 2.59. The van der Waals surface area contributed by atoms with Gasteiger partial charge >= 0.3 is 0 Å². The molecule has 2 fully saturated rings. The Morgan fingerprint density at radius 2 is 1.96 bits per heavy atom. The number of nitrogens with one attached hydrogen (secondary N) is 1. The van der Waals surface area contributed by atoms with Gasteiger partial charge in [-0.15, -0.1) is 11.8 Å². The Labute approximate surface area is 153 Å². The summed E-state index contributed by atoms with van der Waals surface area (Å²) in [6, 6.07) is 7.61. The van der Waals surface area contributed by atoms with Crippen molar-refractivity contribution in [2.75, 3.05) is 18.8 Å². The molecule has 2 aliphatic rings. The number of nitrogens with zero attached hydrogens (tertiary/aromatic N) is 1. The quantitative estimate of drug-likeness (QED) is 0.897. The second-order valence-corrected chi connectivity index (χ2v) is 8.90. The van der Waals surface area contributed by atoms with Crippen LogP contribution >= 0.6 is 11.8 Å². The summed E-state index contributed by atoms with van der Waals surface area (Å²) >= 11 is 1.55. The van der Waals surface area contributed by atoms with Gasteiger partial charge in [-0.2, -0.15) is 0 Å². The lowest BCUT2D eigenvalue weighted by molar-refractivity contribution is -0.138. The van der Waals surface area contributed by atoms with Gasteiger partial charge in [-0.1, -0.05) is 18.2 Å². The lowest BCUT2D eigenvalue weighted by Gasteiger charge is -2.38. The van der Waals surface area contributed by atoms with Crippen LogP contribution in [0.15, 0.2) is 24.3 Å². The Morgan fingerprint density at radius 1 is 1.28 bits per heavy atom. The van der Waals surface area contributed by atoms with Crippen LogP contribution in [0.25, 0.3) is 0 Å². The molecule has 0 spiro atoms. The third-order valence-corrected chi connectivity index (χ3v) is 6.31. The van der Waals surface area contributed by atoms with Crippen LogP contribution in [0.2, 0.25) is 0 Å². The summed E-state index contributed by atoms with van der Waals surface area (Å²) < 4.78 is 5.64. The number of hydrogen-bond donors (Lipinski definition) is 1. The molecule has 2 amide bonds. The fraction of sp³-hybridized carbons (Fsp3) is 0.579. The van der Waals surface area contributed by atoms with E-state index in [0.29, 0.717) is 18.8 Å². The predicted molar refractivity (Wildman–Crippen MR) is 99.9 cm³/mol. The van der Waals surface area contributed by atoms with Crippen molar-refractivity contribution in [3.63, 3.8) is 0 Å². The molecule has 1 unspecified atom stereocenters. The smallest absolute Gasteiger partial charge is 0.246 e. The highest BCUT2D eigenvalue weighted by Crippen LogP contribution is 2.30. The van der Waals surface area contributed by atoms with E-state index in [0.717, 1.165) is 24.2 Å². The summed E-state index contributed by atoms with van der Waals surface area (Å²) in [7, 11) is 0. The first-order chi connectivity index (χ1) is 11.9. The molecule has 2 saturated heterocycles. The Balaban J connectivity index is 1.51. The standard InChI is InChI=1S/C19H26N2O3S/c1-13-6-4-5-7-16(13)24-14-8-10-21(11-9-14)17(22)15-12-25-19(2,3)18(23)20-15/h4-7,14-15H,8-12H2,1-3H3,(H,20,23). The molecule has 25 heavy (non-hydrogen) atoms. The van der Waals surface area contributed by atoms with Gasteiger partial charge in [0.2, 0.25) is 11.8 Å². The number of piperidine rings is 1. The zero-order valence-electron chi connectivity index (χ0n) is 15.1. The normalized spacial score (nSPS) is 23.9. The van der Waals surface area contributed by atoms with Crippen LogP contribution in [0.1, 0.15) is 32.3 Å². The van der Waals surface area contributed by atoms with Crippen molar-refractivity contribution in [3.05, 3.63) is 29.8 Å². The highest BCUT2D eigenvalue weighted by atomic mass is 32.2. The van der Waals surface area contributed by atoms with Crippen molar-refractivity contribution >= 4 is 23.6 Å². The molecule has 2 aliphatic heterocycles. The van der Waals surface area contributed by atoms with E-state index in [1.165, 1.54) is 0 Å². The van der Waals surface area contributed by atoms with Crippen LogP contribution in [0, 0.1) is 6.92 Å². The summed E-state index contributed by atoms with van der Waals surface area (Å²) in [5, 5.41) is 2.88. The second kappa shape index (κ2) is 7.28. The first-order valence-electron chi connectivity index (χ1n) is 8.83.